The second-order valence-corrected chi connectivity index (χ2v) is 2.38. The van der Waals surface area contributed by atoms with Crippen LogP contribution in [0.4, 0.5) is 4.39 Å². The fraction of sp³-hybridized carbons (Fsp3) is 0. The average molecular weight is 161 g/mol. The first-order chi connectivity index (χ1) is 5.81. The summed E-state index contributed by atoms with van der Waals surface area (Å²) in [5.41, 5.74) is 0.840. The van der Waals surface area contributed by atoms with Crippen molar-refractivity contribution in [3.8, 4) is 6.07 Å². The second kappa shape index (κ2) is 2.35. The van der Waals surface area contributed by atoms with E-state index in [0.717, 1.165) is 0 Å². The van der Waals surface area contributed by atoms with E-state index in [-0.39, 0.29) is 0 Å². The van der Waals surface area contributed by atoms with Gasteiger partial charge in [-0.3, -0.25) is 0 Å². The molecule has 0 aliphatic heterocycles. The third-order valence-corrected chi connectivity index (χ3v) is 1.65. The predicted molar refractivity (Wildman–Crippen MR) is 40.9 cm³/mol. The minimum Gasteiger partial charge on any atom is -0.431 e. The summed E-state index contributed by atoms with van der Waals surface area (Å²) in [5.74, 6) is 0. The Hall–Kier alpha value is -1.82. The normalized spacial score (nSPS) is 10.0. The van der Waals surface area contributed by atoms with Crippen molar-refractivity contribution in [3.05, 3.63) is 35.8 Å². The molecular weight excluding hydrogens is 157 g/mol. The van der Waals surface area contributed by atoms with Gasteiger partial charge >= 0.3 is 0 Å². The van der Waals surface area contributed by atoms with Crippen LogP contribution < -0.4 is 0 Å². The Labute approximate surface area is 67.8 Å². The van der Waals surface area contributed by atoms with Crippen molar-refractivity contribution in [2.24, 2.45) is 0 Å². The molecule has 0 saturated heterocycles. The first-order valence-corrected chi connectivity index (χ1v) is 3.39. The molecule has 0 N–H and O–H groups in total. The highest BCUT2D eigenvalue weighted by Crippen LogP contribution is 2.21. The number of benzene rings is 1. The van der Waals surface area contributed by atoms with Crippen LogP contribution in [0.5, 0.6) is 0 Å². The SMILES string of the molecule is N#Cc1cccc2oc(F)cc12. The van der Waals surface area contributed by atoms with E-state index in [4.69, 9.17) is 9.68 Å². The van der Waals surface area contributed by atoms with Crippen molar-refractivity contribution in [1.82, 2.24) is 0 Å². The molecule has 1 heterocycles. The van der Waals surface area contributed by atoms with Gasteiger partial charge in [0, 0.05) is 11.5 Å². The highest BCUT2D eigenvalue weighted by Gasteiger charge is 2.05. The molecule has 2 nitrogen and oxygen atoms in total. The number of furan rings is 1. The summed E-state index contributed by atoms with van der Waals surface area (Å²) < 4.78 is 17.3. The summed E-state index contributed by atoms with van der Waals surface area (Å²) >= 11 is 0. The van der Waals surface area contributed by atoms with E-state index in [1.807, 2.05) is 6.07 Å². The molecule has 2 aromatic rings. The van der Waals surface area contributed by atoms with Gasteiger partial charge in [0.1, 0.15) is 5.58 Å². The van der Waals surface area contributed by atoms with Crippen LogP contribution in [-0.2, 0) is 0 Å². The van der Waals surface area contributed by atoms with Crippen molar-refractivity contribution < 1.29 is 8.81 Å². The van der Waals surface area contributed by atoms with Gasteiger partial charge in [-0.1, -0.05) is 6.07 Å². The molecule has 0 aliphatic rings. The Morgan fingerprint density at radius 1 is 1.42 bits per heavy atom. The van der Waals surface area contributed by atoms with Crippen LogP contribution in [0.25, 0.3) is 11.0 Å². The summed E-state index contributed by atoms with van der Waals surface area (Å²) in [7, 11) is 0. The lowest BCUT2D eigenvalue weighted by Crippen LogP contribution is -1.72. The molecule has 0 unspecified atom stereocenters. The molecule has 1 aromatic heterocycles. The Kier molecular flexibility index (Phi) is 1.34. The van der Waals surface area contributed by atoms with Crippen LogP contribution in [0.1, 0.15) is 5.56 Å². The molecule has 0 fully saturated rings. The third kappa shape index (κ3) is 0.857. The lowest BCUT2D eigenvalue weighted by Gasteiger charge is -1.87. The van der Waals surface area contributed by atoms with Gasteiger partial charge in [0.15, 0.2) is 0 Å². The lowest BCUT2D eigenvalue weighted by molar-refractivity contribution is 0.381. The van der Waals surface area contributed by atoms with Crippen molar-refractivity contribution >= 4 is 11.0 Å². The number of fused-ring (bicyclic) bond motifs is 1. The molecule has 0 aliphatic carbocycles. The third-order valence-electron chi connectivity index (χ3n) is 1.65. The Morgan fingerprint density at radius 3 is 3.00 bits per heavy atom. The first kappa shape index (κ1) is 6.86. The first-order valence-electron chi connectivity index (χ1n) is 3.39. The summed E-state index contributed by atoms with van der Waals surface area (Å²) in [4.78, 5) is 0. The molecule has 0 bridgehead atoms. The fourth-order valence-corrected chi connectivity index (χ4v) is 1.13. The van der Waals surface area contributed by atoms with Crippen LogP contribution in [-0.4, -0.2) is 0 Å². The summed E-state index contributed by atoms with van der Waals surface area (Å²) in [6.45, 7) is 0. The van der Waals surface area contributed by atoms with Crippen molar-refractivity contribution in [2.45, 2.75) is 0 Å². The number of halogens is 1. The van der Waals surface area contributed by atoms with Gasteiger partial charge < -0.3 is 4.42 Å². The molecule has 1 aromatic carbocycles. The molecule has 0 amide bonds. The monoisotopic (exact) mass is 161 g/mol. The van der Waals surface area contributed by atoms with Gasteiger partial charge in [-0.05, 0) is 12.1 Å². The van der Waals surface area contributed by atoms with E-state index in [2.05, 4.69) is 0 Å². The molecule has 0 spiro atoms. The maximum atomic E-state index is 12.6. The number of hydrogen-bond donors (Lipinski definition) is 0. The molecule has 58 valence electrons. The molecular formula is C9H4FNO. The predicted octanol–water partition coefficient (Wildman–Crippen LogP) is 2.44. The number of rotatable bonds is 0. The highest BCUT2D eigenvalue weighted by atomic mass is 19.1. The number of nitrogens with zero attached hydrogens (tertiary/aromatic N) is 1. The van der Waals surface area contributed by atoms with Crippen molar-refractivity contribution in [3.63, 3.8) is 0 Å². The second-order valence-electron chi connectivity index (χ2n) is 2.38. The maximum absolute atomic E-state index is 12.6. The lowest BCUT2D eigenvalue weighted by atomic mass is 10.1. The van der Waals surface area contributed by atoms with Crippen LogP contribution >= 0.6 is 0 Å². The summed E-state index contributed by atoms with van der Waals surface area (Å²) in [5, 5.41) is 9.16. The van der Waals surface area contributed by atoms with E-state index in [1.165, 1.54) is 6.07 Å². The van der Waals surface area contributed by atoms with E-state index in [1.54, 1.807) is 18.2 Å². The number of nitriles is 1. The van der Waals surface area contributed by atoms with Crippen LogP contribution in [0.15, 0.2) is 28.7 Å². The van der Waals surface area contributed by atoms with Gasteiger partial charge in [0.05, 0.1) is 11.6 Å². The Morgan fingerprint density at radius 2 is 2.25 bits per heavy atom. The summed E-state index contributed by atoms with van der Waals surface area (Å²) in [6, 6.07) is 7.42. The van der Waals surface area contributed by atoms with Crippen LogP contribution in [0.3, 0.4) is 0 Å². The minimum absolute atomic E-state index is 0.409. The van der Waals surface area contributed by atoms with E-state index >= 15 is 0 Å². The molecule has 0 radical (unpaired) electrons. The van der Waals surface area contributed by atoms with Crippen LogP contribution in [0, 0.1) is 17.3 Å². The zero-order chi connectivity index (χ0) is 8.55. The van der Waals surface area contributed by atoms with Gasteiger partial charge in [0.25, 0.3) is 6.01 Å². The Balaban J connectivity index is 2.89. The van der Waals surface area contributed by atoms with Crippen molar-refractivity contribution in [1.29, 1.82) is 5.26 Å². The largest absolute Gasteiger partial charge is 0.431 e. The topological polar surface area (TPSA) is 36.9 Å². The zero-order valence-corrected chi connectivity index (χ0v) is 6.04. The zero-order valence-electron chi connectivity index (χ0n) is 6.04. The maximum Gasteiger partial charge on any atom is 0.278 e. The molecule has 3 heteroatoms. The summed E-state index contributed by atoms with van der Waals surface area (Å²) in [6.07, 6.45) is 0. The Bertz CT molecular complexity index is 467. The smallest absolute Gasteiger partial charge is 0.278 e. The van der Waals surface area contributed by atoms with Gasteiger partial charge in [0.2, 0.25) is 0 Å². The van der Waals surface area contributed by atoms with Gasteiger partial charge in [-0.25, -0.2) is 0 Å². The minimum atomic E-state index is -0.660. The fourth-order valence-electron chi connectivity index (χ4n) is 1.13. The average Bonchev–Trinajstić information content (AvgIpc) is 2.44. The van der Waals surface area contributed by atoms with Crippen LogP contribution in [0.2, 0.25) is 0 Å². The quantitative estimate of drug-likeness (QED) is 0.595. The van der Waals surface area contributed by atoms with E-state index < -0.39 is 6.01 Å². The number of hydrogen-bond acceptors (Lipinski definition) is 2. The van der Waals surface area contributed by atoms with E-state index in [9.17, 15) is 4.39 Å². The highest BCUT2D eigenvalue weighted by molar-refractivity contribution is 5.83. The van der Waals surface area contributed by atoms with E-state index in [0.29, 0.717) is 16.5 Å². The molecule has 2 rings (SSSR count). The molecule has 0 atom stereocenters. The van der Waals surface area contributed by atoms with Crippen molar-refractivity contribution in [2.75, 3.05) is 0 Å². The van der Waals surface area contributed by atoms with Gasteiger partial charge in [-0.2, -0.15) is 9.65 Å². The standard InChI is InChI=1S/C9H4FNO/c10-9-4-7-6(5-11)2-1-3-8(7)12-9/h1-4H. The molecule has 12 heavy (non-hydrogen) atoms. The molecule has 0 saturated carbocycles. The van der Waals surface area contributed by atoms with Gasteiger partial charge in [-0.15, -0.1) is 0 Å².